The summed E-state index contributed by atoms with van der Waals surface area (Å²) in [4.78, 5) is 15.5. The van der Waals surface area contributed by atoms with E-state index in [1.54, 1.807) is 0 Å². The smallest absolute Gasteiger partial charge is 0.405 e. The molecule has 1 rings (SSSR count). The van der Waals surface area contributed by atoms with E-state index in [2.05, 4.69) is 4.98 Å². The van der Waals surface area contributed by atoms with Crippen LogP contribution in [-0.4, -0.2) is 35.3 Å². The number of nitrogens with zero attached hydrogens (tertiary/aromatic N) is 2. The van der Waals surface area contributed by atoms with Gasteiger partial charge in [-0.1, -0.05) is 0 Å². The second-order valence-corrected chi connectivity index (χ2v) is 3.56. The molecule has 0 aliphatic rings. The summed E-state index contributed by atoms with van der Waals surface area (Å²) >= 11 is 0. The normalized spacial score (nSPS) is 11.3. The molecule has 1 aromatic rings. The van der Waals surface area contributed by atoms with Crippen LogP contribution in [0.25, 0.3) is 0 Å². The van der Waals surface area contributed by atoms with Crippen molar-refractivity contribution < 1.29 is 23.1 Å². The molecule has 0 fully saturated rings. The van der Waals surface area contributed by atoms with Gasteiger partial charge in [0.05, 0.1) is 17.4 Å². The quantitative estimate of drug-likeness (QED) is 0.865. The van der Waals surface area contributed by atoms with E-state index < -0.39 is 18.7 Å². The molecular weight excluding hydrogens is 251 g/mol. The molecule has 0 aromatic carbocycles. The number of carboxylic acids is 1. The molecule has 0 aliphatic carbocycles. The van der Waals surface area contributed by atoms with Crippen LogP contribution in [0.5, 0.6) is 0 Å². The Morgan fingerprint density at radius 1 is 1.56 bits per heavy atom. The van der Waals surface area contributed by atoms with Crippen LogP contribution in [0, 0.1) is 0 Å². The number of nitrogen functional groups attached to an aromatic ring is 1. The molecule has 0 amide bonds. The largest absolute Gasteiger partial charge is 0.478 e. The molecule has 3 N–H and O–H groups in total. The van der Waals surface area contributed by atoms with E-state index in [9.17, 15) is 18.0 Å². The number of aromatic carboxylic acids is 1. The maximum Gasteiger partial charge on any atom is 0.405 e. The summed E-state index contributed by atoms with van der Waals surface area (Å²) in [5, 5.41) is 8.83. The van der Waals surface area contributed by atoms with Crippen LogP contribution in [-0.2, 0) is 0 Å². The van der Waals surface area contributed by atoms with Gasteiger partial charge in [-0.05, 0) is 13.0 Å². The number of anilines is 2. The van der Waals surface area contributed by atoms with E-state index >= 15 is 0 Å². The van der Waals surface area contributed by atoms with Gasteiger partial charge in [-0.3, -0.25) is 0 Å². The van der Waals surface area contributed by atoms with Gasteiger partial charge >= 0.3 is 12.1 Å². The minimum Gasteiger partial charge on any atom is -0.478 e. The zero-order chi connectivity index (χ0) is 13.9. The highest BCUT2D eigenvalue weighted by atomic mass is 19.4. The number of alkyl halides is 3. The van der Waals surface area contributed by atoms with Gasteiger partial charge in [0, 0.05) is 6.54 Å². The van der Waals surface area contributed by atoms with E-state index in [0.29, 0.717) is 0 Å². The van der Waals surface area contributed by atoms with Crippen molar-refractivity contribution in [2.45, 2.75) is 13.1 Å². The number of pyridine rings is 1. The number of rotatable bonds is 4. The third-order valence-electron chi connectivity index (χ3n) is 2.23. The zero-order valence-electron chi connectivity index (χ0n) is 9.53. The first-order chi connectivity index (χ1) is 8.24. The summed E-state index contributed by atoms with van der Waals surface area (Å²) in [6.45, 7) is 0.374. The maximum atomic E-state index is 12.3. The fourth-order valence-electron chi connectivity index (χ4n) is 1.38. The third kappa shape index (κ3) is 3.51. The number of nitrogens with two attached hydrogens (primary N) is 1. The molecule has 8 heteroatoms. The second kappa shape index (κ2) is 5.11. The number of aromatic nitrogens is 1. The van der Waals surface area contributed by atoms with E-state index in [1.807, 2.05) is 0 Å². The molecular formula is C10H12F3N3O2. The van der Waals surface area contributed by atoms with Crippen molar-refractivity contribution in [1.82, 2.24) is 4.98 Å². The molecule has 18 heavy (non-hydrogen) atoms. The molecule has 0 radical (unpaired) electrons. The lowest BCUT2D eigenvalue weighted by molar-refractivity contribution is -0.119. The van der Waals surface area contributed by atoms with Crippen molar-refractivity contribution in [3.8, 4) is 0 Å². The van der Waals surface area contributed by atoms with Crippen LogP contribution in [0.3, 0.4) is 0 Å². The first-order valence-electron chi connectivity index (χ1n) is 5.05. The Morgan fingerprint density at radius 2 is 2.17 bits per heavy atom. The van der Waals surface area contributed by atoms with Gasteiger partial charge < -0.3 is 15.7 Å². The Hall–Kier alpha value is -1.99. The number of halogens is 3. The fourth-order valence-corrected chi connectivity index (χ4v) is 1.38. The SMILES string of the molecule is CCN(CC(F)(F)F)c1cc(C(=O)O)c(N)cn1. The van der Waals surface area contributed by atoms with Gasteiger partial charge in [-0.2, -0.15) is 13.2 Å². The number of carbonyl (C=O) groups is 1. The average molecular weight is 263 g/mol. The van der Waals surface area contributed by atoms with Crippen LogP contribution < -0.4 is 10.6 Å². The monoisotopic (exact) mass is 263 g/mol. The van der Waals surface area contributed by atoms with Crippen molar-refractivity contribution in [2.24, 2.45) is 0 Å². The van der Waals surface area contributed by atoms with Gasteiger partial charge in [0.1, 0.15) is 12.4 Å². The lowest BCUT2D eigenvalue weighted by atomic mass is 10.2. The predicted octanol–water partition coefficient (Wildman–Crippen LogP) is 1.75. The molecule has 1 heterocycles. The van der Waals surface area contributed by atoms with E-state index in [0.717, 1.165) is 17.2 Å². The minimum absolute atomic E-state index is 0.0511. The average Bonchev–Trinajstić information content (AvgIpc) is 2.25. The van der Waals surface area contributed by atoms with Crippen LogP contribution in [0.2, 0.25) is 0 Å². The highest BCUT2D eigenvalue weighted by molar-refractivity contribution is 5.94. The number of hydrogen-bond donors (Lipinski definition) is 2. The van der Waals surface area contributed by atoms with Gasteiger partial charge in [-0.25, -0.2) is 9.78 Å². The van der Waals surface area contributed by atoms with E-state index in [-0.39, 0.29) is 23.6 Å². The third-order valence-corrected chi connectivity index (χ3v) is 2.23. The van der Waals surface area contributed by atoms with Gasteiger partial charge in [0.25, 0.3) is 0 Å². The van der Waals surface area contributed by atoms with Gasteiger partial charge in [0.2, 0.25) is 0 Å². The summed E-state index contributed by atoms with van der Waals surface area (Å²) in [7, 11) is 0. The summed E-state index contributed by atoms with van der Waals surface area (Å²) in [5.41, 5.74) is 5.02. The molecule has 0 aliphatic heterocycles. The van der Waals surface area contributed by atoms with Gasteiger partial charge in [0.15, 0.2) is 0 Å². The zero-order valence-corrected chi connectivity index (χ0v) is 9.53. The first kappa shape index (κ1) is 14.1. The summed E-state index contributed by atoms with van der Waals surface area (Å²) in [5.74, 6) is -1.37. The van der Waals surface area contributed by atoms with Crippen LogP contribution in [0.4, 0.5) is 24.7 Å². The standard InChI is InChI=1S/C10H12F3N3O2/c1-2-16(5-10(11,12)13)8-3-6(9(17)18)7(14)4-15-8/h3-4H,2,5,14H2,1H3,(H,17,18). The summed E-state index contributed by atoms with van der Waals surface area (Å²) in [6.07, 6.45) is -3.35. The molecule has 1 aromatic heterocycles. The molecule has 0 saturated heterocycles. The lowest BCUT2D eigenvalue weighted by Gasteiger charge is -2.23. The molecule has 0 atom stereocenters. The van der Waals surface area contributed by atoms with Crippen LogP contribution in [0.1, 0.15) is 17.3 Å². The fraction of sp³-hybridized carbons (Fsp3) is 0.400. The topological polar surface area (TPSA) is 79.5 Å². The Kier molecular flexibility index (Phi) is 4.00. The molecule has 0 spiro atoms. The van der Waals surface area contributed by atoms with Crippen molar-refractivity contribution in [2.75, 3.05) is 23.7 Å². The van der Waals surface area contributed by atoms with Crippen molar-refractivity contribution in [1.29, 1.82) is 0 Å². The Balaban J connectivity index is 3.07. The molecule has 0 bridgehead atoms. The van der Waals surface area contributed by atoms with Crippen molar-refractivity contribution >= 4 is 17.5 Å². The minimum atomic E-state index is -4.39. The first-order valence-corrected chi connectivity index (χ1v) is 5.05. The van der Waals surface area contributed by atoms with Gasteiger partial charge in [-0.15, -0.1) is 0 Å². The Labute approximate surface area is 101 Å². The van der Waals surface area contributed by atoms with Crippen molar-refractivity contribution in [3.05, 3.63) is 17.8 Å². The predicted molar refractivity (Wildman–Crippen MR) is 59.6 cm³/mol. The molecule has 0 saturated carbocycles. The second-order valence-electron chi connectivity index (χ2n) is 3.56. The maximum absolute atomic E-state index is 12.3. The molecule has 0 unspecified atom stereocenters. The highest BCUT2D eigenvalue weighted by Crippen LogP contribution is 2.23. The number of carboxylic acid groups (broad SMARTS) is 1. The number of hydrogen-bond acceptors (Lipinski definition) is 4. The van der Waals surface area contributed by atoms with Crippen LogP contribution in [0.15, 0.2) is 12.3 Å². The van der Waals surface area contributed by atoms with E-state index in [4.69, 9.17) is 10.8 Å². The highest BCUT2D eigenvalue weighted by Gasteiger charge is 2.31. The molecule has 100 valence electrons. The molecule has 5 nitrogen and oxygen atoms in total. The Bertz CT molecular complexity index is 448. The lowest BCUT2D eigenvalue weighted by Crippen LogP contribution is -2.34. The Morgan fingerprint density at radius 3 is 2.61 bits per heavy atom. The summed E-state index contributed by atoms with van der Waals surface area (Å²) < 4.78 is 36.9. The van der Waals surface area contributed by atoms with Crippen LogP contribution >= 0.6 is 0 Å². The van der Waals surface area contributed by atoms with E-state index in [1.165, 1.54) is 6.92 Å². The summed E-state index contributed by atoms with van der Waals surface area (Å²) in [6, 6.07) is 1.03. The van der Waals surface area contributed by atoms with Crippen molar-refractivity contribution in [3.63, 3.8) is 0 Å².